The molecule has 0 spiro atoms. The summed E-state index contributed by atoms with van der Waals surface area (Å²) in [4.78, 5) is 0. The van der Waals surface area contributed by atoms with Gasteiger partial charge in [-0.25, -0.2) is 4.68 Å². The normalized spacial score (nSPS) is 24.2. The monoisotopic (exact) mass is 169 g/mol. The smallest absolute Gasteiger partial charge is 0.121 e. The van der Waals surface area contributed by atoms with Gasteiger partial charge in [0.05, 0.1) is 12.2 Å². The fourth-order valence-electron chi connectivity index (χ4n) is 1.34. The van der Waals surface area contributed by atoms with Crippen molar-refractivity contribution in [2.24, 2.45) is 0 Å². The lowest BCUT2D eigenvalue weighted by molar-refractivity contribution is 0.509. The zero-order chi connectivity index (χ0) is 7.68. The van der Waals surface area contributed by atoms with Crippen LogP contribution in [-0.2, 0) is 0 Å². The van der Waals surface area contributed by atoms with Crippen molar-refractivity contribution in [1.29, 1.82) is 0 Å². The van der Waals surface area contributed by atoms with Gasteiger partial charge in [-0.2, -0.15) is 16.9 Å². The summed E-state index contributed by atoms with van der Waals surface area (Å²) in [5.41, 5.74) is 5.71. The lowest BCUT2D eigenvalue weighted by atomic mass is 10.3. The van der Waals surface area contributed by atoms with Gasteiger partial charge in [0.25, 0.3) is 0 Å². The van der Waals surface area contributed by atoms with Crippen LogP contribution < -0.4 is 5.73 Å². The summed E-state index contributed by atoms with van der Waals surface area (Å²) < 4.78 is 1.93. The molecule has 0 aromatic carbocycles. The number of hydrogen-bond donors (Lipinski definition) is 1. The Morgan fingerprint density at radius 1 is 1.73 bits per heavy atom. The van der Waals surface area contributed by atoms with Gasteiger partial charge in [-0.1, -0.05) is 0 Å². The molecule has 1 aliphatic heterocycles. The van der Waals surface area contributed by atoms with Gasteiger partial charge in [0.2, 0.25) is 0 Å². The molecule has 2 N–H and O–H groups in total. The van der Waals surface area contributed by atoms with E-state index in [0.717, 1.165) is 11.6 Å². The topological polar surface area (TPSA) is 43.8 Å². The summed E-state index contributed by atoms with van der Waals surface area (Å²) in [5.74, 6) is 3.19. The van der Waals surface area contributed by atoms with Crippen LogP contribution in [0.2, 0.25) is 0 Å². The van der Waals surface area contributed by atoms with Crippen LogP contribution in [0.1, 0.15) is 12.5 Å². The number of hydrogen-bond acceptors (Lipinski definition) is 3. The van der Waals surface area contributed by atoms with E-state index in [1.165, 1.54) is 12.2 Å². The largest absolute Gasteiger partial charge is 0.384 e. The highest BCUT2D eigenvalue weighted by Gasteiger charge is 2.18. The second-order valence-electron chi connectivity index (χ2n) is 2.72. The maximum atomic E-state index is 5.71. The minimum absolute atomic E-state index is 0.537. The van der Waals surface area contributed by atoms with Gasteiger partial charge in [-0.15, -0.1) is 0 Å². The Hall–Kier alpha value is -0.640. The molecule has 0 aliphatic carbocycles. The molecule has 0 saturated carbocycles. The van der Waals surface area contributed by atoms with Crippen LogP contribution in [0.25, 0.3) is 0 Å². The van der Waals surface area contributed by atoms with Crippen molar-refractivity contribution in [1.82, 2.24) is 9.78 Å². The zero-order valence-electron chi connectivity index (χ0n) is 6.23. The minimum atomic E-state index is 0.537. The van der Waals surface area contributed by atoms with Crippen LogP contribution in [0.4, 0.5) is 5.82 Å². The molecular weight excluding hydrogens is 158 g/mol. The maximum absolute atomic E-state index is 5.71. The Balaban J connectivity index is 2.21. The predicted molar refractivity (Wildman–Crippen MR) is 47.6 cm³/mol. The highest BCUT2D eigenvalue weighted by atomic mass is 32.2. The third kappa shape index (κ3) is 1.22. The van der Waals surface area contributed by atoms with Crippen molar-refractivity contribution in [2.45, 2.75) is 12.5 Å². The lowest BCUT2D eigenvalue weighted by Gasteiger charge is -2.09. The number of rotatable bonds is 1. The van der Waals surface area contributed by atoms with E-state index < -0.39 is 0 Å². The van der Waals surface area contributed by atoms with Crippen molar-refractivity contribution in [3.05, 3.63) is 12.3 Å². The SMILES string of the molecule is Nc1ccnn1C1CCSC1. The van der Waals surface area contributed by atoms with Crippen LogP contribution in [0.3, 0.4) is 0 Å². The molecule has 3 nitrogen and oxygen atoms in total. The highest BCUT2D eigenvalue weighted by molar-refractivity contribution is 7.99. The fraction of sp³-hybridized carbons (Fsp3) is 0.571. The standard InChI is InChI=1S/C7H11N3S/c8-7-1-3-9-10(7)6-2-4-11-5-6/h1,3,6H,2,4-5,8H2. The molecule has 4 heteroatoms. The summed E-state index contributed by atoms with van der Waals surface area (Å²) in [6.07, 6.45) is 2.97. The molecule has 60 valence electrons. The molecule has 11 heavy (non-hydrogen) atoms. The highest BCUT2D eigenvalue weighted by Crippen LogP contribution is 2.28. The van der Waals surface area contributed by atoms with Crippen LogP contribution in [0, 0.1) is 0 Å². The van der Waals surface area contributed by atoms with Gasteiger partial charge in [0, 0.05) is 5.75 Å². The third-order valence-electron chi connectivity index (χ3n) is 1.95. The molecule has 1 atom stereocenters. The first-order chi connectivity index (χ1) is 5.38. The Kier molecular flexibility index (Phi) is 1.77. The Bertz CT molecular complexity index is 240. The first-order valence-electron chi connectivity index (χ1n) is 3.74. The van der Waals surface area contributed by atoms with E-state index in [-0.39, 0.29) is 0 Å². The second-order valence-corrected chi connectivity index (χ2v) is 3.87. The molecule has 1 aromatic heterocycles. The average Bonchev–Trinajstić information content (AvgIpc) is 2.55. The van der Waals surface area contributed by atoms with Crippen molar-refractivity contribution < 1.29 is 0 Å². The summed E-state index contributed by atoms with van der Waals surface area (Å²) in [7, 11) is 0. The summed E-state index contributed by atoms with van der Waals surface area (Å²) in [6.45, 7) is 0. The predicted octanol–water partition coefficient (Wildman–Crippen LogP) is 1.14. The molecule has 0 radical (unpaired) electrons. The van der Waals surface area contributed by atoms with E-state index in [1.54, 1.807) is 6.20 Å². The first kappa shape index (κ1) is 7.03. The van der Waals surface area contributed by atoms with Gasteiger partial charge >= 0.3 is 0 Å². The van der Waals surface area contributed by atoms with Crippen molar-refractivity contribution in [3.8, 4) is 0 Å². The molecule has 2 rings (SSSR count). The fourth-order valence-corrected chi connectivity index (χ4v) is 2.53. The van der Waals surface area contributed by atoms with Crippen LogP contribution >= 0.6 is 11.8 Å². The molecule has 1 unspecified atom stereocenters. The van der Waals surface area contributed by atoms with E-state index in [2.05, 4.69) is 5.10 Å². The van der Waals surface area contributed by atoms with Crippen LogP contribution in [0.15, 0.2) is 12.3 Å². The minimum Gasteiger partial charge on any atom is -0.384 e. The quantitative estimate of drug-likeness (QED) is 0.685. The van der Waals surface area contributed by atoms with Crippen molar-refractivity contribution in [2.75, 3.05) is 17.2 Å². The van der Waals surface area contributed by atoms with Gasteiger partial charge < -0.3 is 5.73 Å². The maximum Gasteiger partial charge on any atom is 0.121 e. The van der Waals surface area contributed by atoms with Crippen LogP contribution in [-0.4, -0.2) is 21.3 Å². The van der Waals surface area contributed by atoms with E-state index in [4.69, 9.17) is 5.73 Å². The Morgan fingerprint density at radius 2 is 2.64 bits per heavy atom. The Labute approximate surface area is 70.0 Å². The average molecular weight is 169 g/mol. The second kappa shape index (κ2) is 2.77. The van der Waals surface area contributed by atoms with E-state index in [1.807, 2.05) is 22.5 Å². The van der Waals surface area contributed by atoms with E-state index >= 15 is 0 Å². The molecule has 1 aliphatic rings. The van der Waals surface area contributed by atoms with Gasteiger partial charge in [-0.05, 0) is 18.2 Å². The summed E-state index contributed by atoms with van der Waals surface area (Å²) in [6, 6.07) is 2.39. The molecule has 1 saturated heterocycles. The molecule has 0 amide bonds. The first-order valence-corrected chi connectivity index (χ1v) is 4.90. The number of aromatic nitrogens is 2. The van der Waals surface area contributed by atoms with Crippen LogP contribution in [0.5, 0.6) is 0 Å². The van der Waals surface area contributed by atoms with Gasteiger partial charge in [0.15, 0.2) is 0 Å². The number of nitrogen functional groups attached to an aromatic ring is 1. The van der Waals surface area contributed by atoms with E-state index in [9.17, 15) is 0 Å². The molecule has 2 heterocycles. The number of nitrogens with two attached hydrogens (primary N) is 1. The number of nitrogens with zero attached hydrogens (tertiary/aromatic N) is 2. The van der Waals surface area contributed by atoms with E-state index in [0.29, 0.717) is 6.04 Å². The Morgan fingerprint density at radius 3 is 3.18 bits per heavy atom. The summed E-state index contributed by atoms with van der Waals surface area (Å²) >= 11 is 1.97. The molecule has 1 fully saturated rings. The zero-order valence-corrected chi connectivity index (χ0v) is 7.05. The molecule has 0 bridgehead atoms. The summed E-state index contributed by atoms with van der Waals surface area (Å²) in [5, 5.41) is 4.18. The third-order valence-corrected chi connectivity index (χ3v) is 3.10. The number of thioether (sulfide) groups is 1. The van der Waals surface area contributed by atoms with Crippen molar-refractivity contribution in [3.63, 3.8) is 0 Å². The lowest BCUT2D eigenvalue weighted by Crippen LogP contribution is -2.11. The molecule has 1 aromatic rings. The van der Waals surface area contributed by atoms with Gasteiger partial charge in [-0.3, -0.25) is 0 Å². The number of anilines is 1. The van der Waals surface area contributed by atoms with Gasteiger partial charge in [0.1, 0.15) is 5.82 Å². The van der Waals surface area contributed by atoms with Crippen molar-refractivity contribution >= 4 is 17.6 Å². The molecular formula is C7H11N3S.